The second-order valence-electron chi connectivity index (χ2n) is 3.15. The molecule has 0 bridgehead atoms. The fraction of sp³-hybridized carbons (Fsp3) is 0.750. The van der Waals surface area contributed by atoms with Crippen LogP contribution in [0, 0.1) is 17.2 Å². The Kier molecular flexibility index (Phi) is 3.68. The molecule has 0 saturated heterocycles. The Morgan fingerprint density at radius 2 is 2.46 bits per heavy atom. The van der Waals surface area contributed by atoms with Gasteiger partial charge in [0.05, 0.1) is 12.0 Å². The highest BCUT2D eigenvalue weighted by Gasteiger charge is 2.27. The van der Waals surface area contributed by atoms with Gasteiger partial charge in [-0.25, -0.2) is 0 Å². The van der Waals surface area contributed by atoms with E-state index in [9.17, 15) is 4.79 Å². The third kappa shape index (κ3) is 3.01. The number of nitrogens with zero attached hydrogens (tertiary/aromatic N) is 1. The molecule has 0 radical (unpaired) electrons. The molecule has 1 aliphatic carbocycles. The summed E-state index contributed by atoms with van der Waals surface area (Å²) in [5.41, 5.74) is 7.57. The number of amides is 1. The van der Waals surface area contributed by atoms with Gasteiger partial charge in [-0.2, -0.15) is 10.7 Å². The van der Waals surface area contributed by atoms with Gasteiger partial charge in [-0.05, 0) is 12.8 Å². The van der Waals surface area contributed by atoms with Gasteiger partial charge in [-0.15, -0.1) is 0 Å². The first kappa shape index (κ1) is 9.96. The van der Waals surface area contributed by atoms with Gasteiger partial charge in [0.2, 0.25) is 5.91 Å². The number of nitriles is 1. The van der Waals surface area contributed by atoms with Crippen LogP contribution in [0.5, 0.6) is 0 Å². The SMILES string of the molecule is N#CC1CCCC1NOCC(N)=O. The van der Waals surface area contributed by atoms with E-state index in [0.717, 1.165) is 19.3 Å². The Morgan fingerprint density at radius 1 is 1.69 bits per heavy atom. The van der Waals surface area contributed by atoms with Crippen molar-refractivity contribution in [2.24, 2.45) is 11.7 Å². The molecule has 0 aliphatic heterocycles. The minimum Gasteiger partial charge on any atom is -0.368 e. The number of hydrogen-bond acceptors (Lipinski definition) is 4. The van der Waals surface area contributed by atoms with Gasteiger partial charge < -0.3 is 5.73 Å². The molecule has 1 fully saturated rings. The van der Waals surface area contributed by atoms with Crippen molar-refractivity contribution in [1.82, 2.24) is 5.48 Å². The Morgan fingerprint density at radius 3 is 3.08 bits per heavy atom. The summed E-state index contributed by atoms with van der Waals surface area (Å²) in [6.45, 7) is -0.144. The lowest BCUT2D eigenvalue weighted by Crippen LogP contribution is -2.34. The van der Waals surface area contributed by atoms with Crippen LogP contribution in [0.25, 0.3) is 0 Å². The van der Waals surface area contributed by atoms with Gasteiger partial charge in [0.1, 0.15) is 6.61 Å². The van der Waals surface area contributed by atoms with Gasteiger partial charge in [-0.3, -0.25) is 9.63 Å². The summed E-state index contributed by atoms with van der Waals surface area (Å²) in [5.74, 6) is -0.521. The van der Waals surface area contributed by atoms with Crippen molar-refractivity contribution in [3.8, 4) is 6.07 Å². The highest BCUT2D eigenvalue weighted by atomic mass is 16.6. The van der Waals surface area contributed by atoms with E-state index in [0.29, 0.717) is 0 Å². The molecule has 1 saturated carbocycles. The molecule has 1 amide bonds. The molecule has 2 unspecified atom stereocenters. The number of hydroxylamine groups is 1. The molecule has 5 nitrogen and oxygen atoms in total. The maximum atomic E-state index is 10.3. The van der Waals surface area contributed by atoms with Crippen molar-refractivity contribution in [3.63, 3.8) is 0 Å². The molecule has 5 heteroatoms. The lowest BCUT2D eigenvalue weighted by atomic mass is 10.1. The zero-order chi connectivity index (χ0) is 9.68. The molecule has 0 aromatic heterocycles. The highest BCUT2D eigenvalue weighted by Crippen LogP contribution is 2.24. The molecular formula is C8H13N3O2. The maximum absolute atomic E-state index is 10.3. The van der Waals surface area contributed by atoms with E-state index >= 15 is 0 Å². The Bertz CT molecular complexity index is 224. The number of hydrogen-bond donors (Lipinski definition) is 2. The monoisotopic (exact) mass is 183 g/mol. The number of rotatable bonds is 4. The van der Waals surface area contributed by atoms with E-state index in [2.05, 4.69) is 11.5 Å². The fourth-order valence-electron chi connectivity index (χ4n) is 1.48. The molecule has 3 N–H and O–H groups in total. The molecule has 2 atom stereocenters. The van der Waals surface area contributed by atoms with Gasteiger partial charge in [0, 0.05) is 6.04 Å². The minimum atomic E-state index is -0.515. The molecule has 1 aliphatic rings. The lowest BCUT2D eigenvalue weighted by Gasteiger charge is -2.13. The van der Waals surface area contributed by atoms with Gasteiger partial charge in [-0.1, -0.05) is 6.42 Å². The molecule has 0 heterocycles. The van der Waals surface area contributed by atoms with Crippen molar-refractivity contribution < 1.29 is 9.63 Å². The summed E-state index contributed by atoms with van der Waals surface area (Å²) in [5, 5.41) is 8.71. The van der Waals surface area contributed by atoms with Crippen LogP contribution in [0.15, 0.2) is 0 Å². The second-order valence-corrected chi connectivity index (χ2v) is 3.15. The van der Waals surface area contributed by atoms with E-state index in [1.165, 1.54) is 0 Å². The molecule has 0 aromatic rings. The minimum absolute atomic E-state index is 0.00660. The van der Waals surface area contributed by atoms with Crippen LogP contribution in [0.2, 0.25) is 0 Å². The average Bonchev–Trinajstić information content (AvgIpc) is 2.51. The Hall–Kier alpha value is -1.12. The maximum Gasteiger partial charge on any atom is 0.245 e. The van der Waals surface area contributed by atoms with E-state index in [1.54, 1.807) is 0 Å². The van der Waals surface area contributed by atoms with E-state index < -0.39 is 5.91 Å². The van der Waals surface area contributed by atoms with Crippen LogP contribution in [0.1, 0.15) is 19.3 Å². The number of carbonyl (C=O) groups excluding carboxylic acids is 1. The van der Waals surface area contributed by atoms with Crippen LogP contribution in [0.4, 0.5) is 0 Å². The third-order valence-corrected chi connectivity index (χ3v) is 2.13. The van der Waals surface area contributed by atoms with Gasteiger partial charge in [0.25, 0.3) is 0 Å². The van der Waals surface area contributed by atoms with E-state index in [-0.39, 0.29) is 18.6 Å². The topological polar surface area (TPSA) is 88.1 Å². The quantitative estimate of drug-likeness (QED) is 0.585. The molecule has 1 rings (SSSR count). The zero-order valence-electron chi connectivity index (χ0n) is 7.32. The first-order chi connectivity index (χ1) is 6.24. The molecule has 72 valence electrons. The van der Waals surface area contributed by atoms with Crippen molar-refractivity contribution in [1.29, 1.82) is 5.26 Å². The average molecular weight is 183 g/mol. The predicted molar refractivity (Wildman–Crippen MR) is 45.0 cm³/mol. The van der Waals surface area contributed by atoms with Crippen LogP contribution in [-0.2, 0) is 9.63 Å². The summed E-state index contributed by atoms with van der Waals surface area (Å²) in [6, 6.07) is 2.24. The largest absolute Gasteiger partial charge is 0.368 e. The number of nitrogens with one attached hydrogen (secondary N) is 1. The molecule has 0 spiro atoms. The summed E-state index contributed by atoms with van der Waals surface area (Å²) < 4.78 is 0. The summed E-state index contributed by atoms with van der Waals surface area (Å²) in [4.78, 5) is 15.2. The Balaban J connectivity index is 2.21. The molecule has 0 aromatic carbocycles. The second kappa shape index (κ2) is 4.80. The molecular weight excluding hydrogens is 170 g/mol. The predicted octanol–water partition coefficient (Wildman–Crippen LogP) is -0.315. The molecule has 13 heavy (non-hydrogen) atoms. The Labute approximate surface area is 76.8 Å². The van der Waals surface area contributed by atoms with Crippen molar-refractivity contribution in [2.75, 3.05) is 6.61 Å². The number of primary amides is 1. The van der Waals surface area contributed by atoms with Crippen molar-refractivity contribution in [2.45, 2.75) is 25.3 Å². The lowest BCUT2D eigenvalue weighted by molar-refractivity contribution is -0.126. The summed E-state index contributed by atoms with van der Waals surface area (Å²) >= 11 is 0. The first-order valence-electron chi connectivity index (χ1n) is 4.29. The van der Waals surface area contributed by atoms with Crippen LogP contribution in [-0.4, -0.2) is 18.6 Å². The highest BCUT2D eigenvalue weighted by molar-refractivity contribution is 5.74. The zero-order valence-corrected chi connectivity index (χ0v) is 7.32. The standard InChI is InChI=1S/C8H13N3O2/c9-4-6-2-1-3-7(6)11-13-5-8(10)12/h6-7,11H,1-3,5H2,(H2,10,12). The normalized spacial score (nSPS) is 27.0. The number of carbonyl (C=O) groups is 1. The summed E-state index contributed by atoms with van der Waals surface area (Å²) in [6.07, 6.45) is 2.83. The van der Waals surface area contributed by atoms with E-state index in [4.69, 9.17) is 15.8 Å². The van der Waals surface area contributed by atoms with E-state index in [1.807, 2.05) is 0 Å². The first-order valence-corrected chi connectivity index (χ1v) is 4.29. The smallest absolute Gasteiger partial charge is 0.245 e. The fourth-order valence-corrected chi connectivity index (χ4v) is 1.48. The van der Waals surface area contributed by atoms with Crippen LogP contribution >= 0.6 is 0 Å². The van der Waals surface area contributed by atoms with Gasteiger partial charge >= 0.3 is 0 Å². The van der Waals surface area contributed by atoms with Crippen molar-refractivity contribution >= 4 is 5.91 Å². The number of nitrogens with two attached hydrogens (primary N) is 1. The van der Waals surface area contributed by atoms with Gasteiger partial charge in [0.15, 0.2) is 0 Å². The summed E-state index contributed by atoms with van der Waals surface area (Å²) in [7, 11) is 0. The van der Waals surface area contributed by atoms with Crippen molar-refractivity contribution in [3.05, 3.63) is 0 Å². The van der Waals surface area contributed by atoms with Crippen LogP contribution < -0.4 is 11.2 Å². The third-order valence-electron chi connectivity index (χ3n) is 2.13. The van der Waals surface area contributed by atoms with Crippen LogP contribution in [0.3, 0.4) is 0 Å².